The second-order valence-corrected chi connectivity index (χ2v) is 6.96. The molecule has 114 valence electrons. The van der Waals surface area contributed by atoms with Crippen LogP contribution < -0.4 is 10.6 Å². The summed E-state index contributed by atoms with van der Waals surface area (Å²) in [5, 5.41) is 10.5. The van der Waals surface area contributed by atoms with Gasteiger partial charge in [-0.05, 0) is 34.7 Å². The smallest absolute Gasteiger partial charge is 0.246 e. The molecule has 0 spiro atoms. The summed E-state index contributed by atoms with van der Waals surface area (Å²) in [7, 11) is 0. The normalized spacial score (nSPS) is 28.9. The molecule has 5 nitrogen and oxygen atoms in total. The molecular weight excluding hydrogens is 286 g/mol. The number of nitrogens with one attached hydrogen (secondary N) is 2. The summed E-state index contributed by atoms with van der Waals surface area (Å²) in [6.07, 6.45) is 0.701. The summed E-state index contributed by atoms with van der Waals surface area (Å²) in [6, 6.07) is 1.61. The zero-order valence-electron chi connectivity index (χ0n) is 12.3. The van der Waals surface area contributed by atoms with Gasteiger partial charge in [0.1, 0.15) is 12.1 Å². The third-order valence-electron chi connectivity index (χ3n) is 4.29. The molecule has 0 aliphatic carbocycles. The van der Waals surface area contributed by atoms with Crippen molar-refractivity contribution in [1.29, 1.82) is 0 Å². The van der Waals surface area contributed by atoms with Crippen molar-refractivity contribution in [3.8, 4) is 0 Å². The summed E-state index contributed by atoms with van der Waals surface area (Å²) >= 11 is 1.68. The summed E-state index contributed by atoms with van der Waals surface area (Å²) < 4.78 is 0. The predicted molar refractivity (Wildman–Crippen MR) is 81.8 cm³/mol. The highest BCUT2D eigenvalue weighted by atomic mass is 32.1. The Balaban J connectivity index is 1.64. The number of rotatable bonds is 4. The molecule has 6 heteroatoms. The van der Waals surface area contributed by atoms with Gasteiger partial charge in [0.2, 0.25) is 11.8 Å². The third kappa shape index (κ3) is 2.82. The lowest BCUT2D eigenvalue weighted by Gasteiger charge is -2.36. The Hall–Kier alpha value is -1.40. The van der Waals surface area contributed by atoms with E-state index in [9.17, 15) is 9.59 Å². The van der Waals surface area contributed by atoms with Crippen LogP contribution in [0.2, 0.25) is 0 Å². The van der Waals surface area contributed by atoms with Crippen molar-refractivity contribution in [1.82, 2.24) is 15.5 Å². The molecular formula is C15H21N3O2S. The maximum atomic E-state index is 12.5. The molecule has 2 aliphatic heterocycles. The first-order valence-corrected chi connectivity index (χ1v) is 8.36. The molecule has 21 heavy (non-hydrogen) atoms. The Morgan fingerprint density at radius 1 is 1.48 bits per heavy atom. The Morgan fingerprint density at radius 2 is 2.29 bits per heavy atom. The molecule has 2 saturated heterocycles. The van der Waals surface area contributed by atoms with Crippen LogP contribution >= 0.6 is 11.3 Å². The van der Waals surface area contributed by atoms with Crippen molar-refractivity contribution in [2.24, 2.45) is 5.92 Å². The van der Waals surface area contributed by atoms with Crippen LogP contribution in [0.1, 0.15) is 25.8 Å². The van der Waals surface area contributed by atoms with Gasteiger partial charge in [0.05, 0.1) is 0 Å². The van der Waals surface area contributed by atoms with Gasteiger partial charge < -0.3 is 15.5 Å². The molecule has 0 unspecified atom stereocenters. The second kappa shape index (κ2) is 5.77. The van der Waals surface area contributed by atoms with Gasteiger partial charge >= 0.3 is 0 Å². The van der Waals surface area contributed by atoms with E-state index < -0.39 is 0 Å². The number of amides is 2. The molecule has 2 aliphatic rings. The predicted octanol–water partition coefficient (Wildman–Crippen LogP) is 0.962. The van der Waals surface area contributed by atoms with Crippen LogP contribution in [-0.2, 0) is 16.1 Å². The number of carbonyl (C=O) groups excluding carboxylic acids is 2. The average Bonchev–Trinajstić information content (AvgIpc) is 3.09. The van der Waals surface area contributed by atoms with Gasteiger partial charge in [0, 0.05) is 19.1 Å². The number of fused-ring (bicyclic) bond motifs is 1. The number of hydrogen-bond donors (Lipinski definition) is 2. The Labute approximate surface area is 128 Å². The molecule has 0 bridgehead atoms. The molecule has 3 heterocycles. The molecule has 1 aromatic rings. The Morgan fingerprint density at radius 3 is 2.95 bits per heavy atom. The van der Waals surface area contributed by atoms with Crippen molar-refractivity contribution in [3.63, 3.8) is 0 Å². The molecule has 3 rings (SSSR count). The number of piperazine rings is 1. The van der Waals surface area contributed by atoms with E-state index in [1.165, 1.54) is 5.56 Å². The fourth-order valence-corrected chi connectivity index (χ4v) is 3.74. The van der Waals surface area contributed by atoms with E-state index in [1.807, 2.05) is 13.8 Å². The van der Waals surface area contributed by atoms with E-state index in [2.05, 4.69) is 27.5 Å². The first-order valence-electron chi connectivity index (χ1n) is 7.41. The van der Waals surface area contributed by atoms with E-state index in [-0.39, 0.29) is 35.9 Å². The van der Waals surface area contributed by atoms with E-state index in [0.29, 0.717) is 13.0 Å². The van der Waals surface area contributed by atoms with Gasteiger partial charge in [-0.25, -0.2) is 0 Å². The van der Waals surface area contributed by atoms with E-state index in [1.54, 1.807) is 16.2 Å². The molecule has 2 fully saturated rings. The van der Waals surface area contributed by atoms with Crippen LogP contribution in [0.5, 0.6) is 0 Å². The summed E-state index contributed by atoms with van der Waals surface area (Å²) in [4.78, 5) is 26.4. The van der Waals surface area contributed by atoms with E-state index >= 15 is 0 Å². The van der Waals surface area contributed by atoms with Crippen LogP contribution in [0, 0.1) is 5.92 Å². The molecule has 0 saturated carbocycles. The Kier molecular flexibility index (Phi) is 3.99. The lowest BCUT2D eigenvalue weighted by molar-refractivity contribution is -0.148. The highest BCUT2D eigenvalue weighted by Gasteiger charge is 2.46. The molecule has 2 amide bonds. The standard InChI is InChI=1S/C15H21N3O2S/c1-9(2)13-15(20)18-7-11(5-12(18)14(19)17-13)16-6-10-3-4-21-8-10/h3-4,8-9,11-13,16H,5-7H2,1-2H3,(H,17,19)/t11-,12-,13+/m0/s1. The summed E-state index contributed by atoms with van der Waals surface area (Å²) in [6.45, 7) is 5.35. The van der Waals surface area contributed by atoms with Gasteiger partial charge in [-0.1, -0.05) is 13.8 Å². The maximum absolute atomic E-state index is 12.5. The minimum atomic E-state index is -0.371. The van der Waals surface area contributed by atoms with E-state index in [4.69, 9.17) is 0 Å². The summed E-state index contributed by atoms with van der Waals surface area (Å²) in [5.41, 5.74) is 1.25. The SMILES string of the molecule is CC(C)[C@H]1NC(=O)[C@@H]2C[C@H](NCc3ccsc3)CN2C1=O. The van der Waals surface area contributed by atoms with Crippen LogP contribution in [0.25, 0.3) is 0 Å². The minimum Gasteiger partial charge on any atom is -0.342 e. The van der Waals surface area contributed by atoms with Crippen molar-refractivity contribution in [2.75, 3.05) is 6.54 Å². The van der Waals surface area contributed by atoms with Gasteiger partial charge in [-0.3, -0.25) is 9.59 Å². The number of nitrogens with zero attached hydrogens (tertiary/aromatic N) is 1. The lowest BCUT2D eigenvalue weighted by Crippen LogP contribution is -2.62. The van der Waals surface area contributed by atoms with Gasteiger partial charge in [-0.2, -0.15) is 11.3 Å². The largest absolute Gasteiger partial charge is 0.342 e. The zero-order chi connectivity index (χ0) is 15.0. The Bertz CT molecular complexity index is 529. The number of thiophene rings is 1. The zero-order valence-corrected chi connectivity index (χ0v) is 13.2. The van der Waals surface area contributed by atoms with Crippen molar-refractivity contribution >= 4 is 23.2 Å². The highest BCUT2D eigenvalue weighted by molar-refractivity contribution is 7.07. The second-order valence-electron chi connectivity index (χ2n) is 6.18. The topological polar surface area (TPSA) is 61.4 Å². The molecule has 0 radical (unpaired) electrons. The van der Waals surface area contributed by atoms with Gasteiger partial charge in [-0.15, -0.1) is 0 Å². The van der Waals surface area contributed by atoms with Crippen LogP contribution in [-0.4, -0.2) is 41.4 Å². The monoisotopic (exact) mass is 307 g/mol. The quantitative estimate of drug-likeness (QED) is 0.871. The number of hydrogen-bond acceptors (Lipinski definition) is 4. The lowest BCUT2D eigenvalue weighted by atomic mass is 9.98. The first kappa shape index (κ1) is 14.5. The van der Waals surface area contributed by atoms with Crippen molar-refractivity contribution in [3.05, 3.63) is 22.4 Å². The third-order valence-corrected chi connectivity index (χ3v) is 5.02. The minimum absolute atomic E-state index is 0.00636. The molecule has 1 aromatic heterocycles. The summed E-state index contributed by atoms with van der Waals surface area (Å²) in [5.74, 6) is 0.183. The van der Waals surface area contributed by atoms with E-state index in [0.717, 1.165) is 6.54 Å². The first-order chi connectivity index (χ1) is 10.1. The average molecular weight is 307 g/mol. The fourth-order valence-electron chi connectivity index (χ4n) is 3.07. The molecule has 3 atom stereocenters. The van der Waals surface area contributed by atoms with Crippen molar-refractivity contribution in [2.45, 2.75) is 44.9 Å². The molecule has 0 aromatic carbocycles. The fraction of sp³-hybridized carbons (Fsp3) is 0.600. The van der Waals surface area contributed by atoms with Crippen LogP contribution in [0.3, 0.4) is 0 Å². The van der Waals surface area contributed by atoms with Gasteiger partial charge in [0.25, 0.3) is 0 Å². The number of carbonyl (C=O) groups is 2. The van der Waals surface area contributed by atoms with Gasteiger partial charge in [0.15, 0.2) is 0 Å². The van der Waals surface area contributed by atoms with Crippen LogP contribution in [0.15, 0.2) is 16.8 Å². The molecule has 2 N–H and O–H groups in total. The van der Waals surface area contributed by atoms with Crippen LogP contribution in [0.4, 0.5) is 0 Å². The van der Waals surface area contributed by atoms with Crippen molar-refractivity contribution < 1.29 is 9.59 Å². The highest BCUT2D eigenvalue weighted by Crippen LogP contribution is 2.25. The maximum Gasteiger partial charge on any atom is 0.246 e.